The first kappa shape index (κ1) is 13.6. The predicted octanol–water partition coefficient (Wildman–Crippen LogP) is 3.11. The second kappa shape index (κ2) is 5.95. The molecule has 0 fully saturated rings. The van der Waals surface area contributed by atoms with Crippen molar-refractivity contribution in [2.24, 2.45) is 0 Å². The molecule has 3 rings (SSSR count). The molecule has 0 spiro atoms. The van der Waals surface area contributed by atoms with Gasteiger partial charge in [-0.25, -0.2) is 4.39 Å². The summed E-state index contributed by atoms with van der Waals surface area (Å²) in [5.74, 6) is -0.354. The highest BCUT2D eigenvalue weighted by Gasteiger charge is 2.16. The van der Waals surface area contributed by atoms with Gasteiger partial charge in [-0.05, 0) is 48.2 Å². The quantitative estimate of drug-likeness (QED) is 0.909. The Hall–Kier alpha value is -2.36. The fraction of sp³-hybridized carbons (Fsp3) is 0.235. The van der Waals surface area contributed by atoms with E-state index >= 15 is 0 Å². The molecule has 2 aromatic rings. The predicted molar refractivity (Wildman–Crippen MR) is 80.8 cm³/mol. The van der Waals surface area contributed by atoms with E-state index in [1.54, 1.807) is 12.1 Å². The van der Waals surface area contributed by atoms with E-state index in [1.807, 2.05) is 18.2 Å². The second-order valence-electron chi connectivity index (χ2n) is 5.17. The first-order chi connectivity index (χ1) is 10.2. The number of amides is 1. The molecule has 0 bridgehead atoms. The zero-order valence-corrected chi connectivity index (χ0v) is 11.7. The van der Waals surface area contributed by atoms with Crippen LogP contribution in [0.4, 0.5) is 10.1 Å². The SMILES string of the molecule is O=C(NCc1ccc(F)cc1)c1cccc2c1CCCN2. The Morgan fingerprint density at radius 2 is 2.00 bits per heavy atom. The molecule has 2 aromatic carbocycles. The molecular formula is C17H17FN2O. The highest BCUT2D eigenvalue weighted by Crippen LogP contribution is 2.25. The Kier molecular flexibility index (Phi) is 3.86. The molecule has 1 aliphatic rings. The van der Waals surface area contributed by atoms with E-state index in [0.717, 1.165) is 41.8 Å². The Bertz CT molecular complexity index is 652. The van der Waals surface area contributed by atoms with Gasteiger partial charge in [-0.2, -0.15) is 0 Å². The topological polar surface area (TPSA) is 41.1 Å². The van der Waals surface area contributed by atoms with Crippen LogP contribution in [0.5, 0.6) is 0 Å². The van der Waals surface area contributed by atoms with E-state index in [9.17, 15) is 9.18 Å². The number of hydrogen-bond acceptors (Lipinski definition) is 2. The molecule has 0 saturated heterocycles. The molecule has 1 heterocycles. The van der Waals surface area contributed by atoms with Gasteiger partial charge < -0.3 is 10.6 Å². The molecule has 0 unspecified atom stereocenters. The minimum atomic E-state index is -0.270. The number of rotatable bonds is 3. The zero-order chi connectivity index (χ0) is 14.7. The van der Waals surface area contributed by atoms with Crippen LogP contribution in [0.15, 0.2) is 42.5 Å². The maximum absolute atomic E-state index is 12.8. The van der Waals surface area contributed by atoms with Gasteiger partial charge in [0.2, 0.25) is 0 Å². The summed E-state index contributed by atoms with van der Waals surface area (Å²) in [5.41, 5.74) is 3.74. The summed E-state index contributed by atoms with van der Waals surface area (Å²) in [5, 5.41) is 6.21. The average Bonchev–Trinajstić information content (AvgIpc) is 2.53. The number of benzene rings is 2. The Labute approximate surface area is 123 Å². The lowest BCUT2D eigenvalue weighted by atomic mass is 9.97. The highest BCUT2D eigenvalue weighted by atomic mass is 19.1. The summed E-state index contributed by atoms with van der Waals surface area (Å²) in [7, 11) is 0. The lowest BCUT2D eigenvalue weighted by Crippen LogP contribution is -2.25. The van der Waals surface area contributed by atoms with E-state index in [4.69, 9.17) is 0 Å². The Morgan fingerprint density at radius 1 is 1.19 bits per heavy atom. The fourth-order valence-corrected chi connectivity index (χ4v) is 2.60. The molecule has 0 atom stereocenters. The van der Waals surface area contributed by atoms with Gasteiger partial charge in [0, 0.05) is 24.3 Å². The highest BCUT2D eigenvalue weighted by molar-refractivity contribution is 5.97. The second-order valence-corrected chi connectivity index (χ2v) is 5.17. The van der Waals surface area contributed by atoms with E-state index in [1.165, 1.54) is 12.1 Å². The molecule has 0 radical (unpaired) electrons. The minimum absolute atomic E-state index is 0.0834. The molecule has 0 aliphatic carbocycles. The first-order valence-corrected chi connectivity index (χ1v) is 7.12. The number of carbonyl (C=O) groups is 1. The zero-order valence-electron chi connectivity index (χ0n) is 11.7. The number of nitrogens with one attached hydrogen (secondary N) is 2. The monoisotopic (exact) mass is 284 g/mol. The lowest BCUT2D eigenvalue weighted by molar-refractivity contribution is 0.0950. The standard InChI is InChI=1S/C17H17FN2O/c18-13-8-6-12(7-9-13)11-20-17(21)15-3-1-5-16-14(15)4-2-10-19-16/h1,3,5-9,19H,2,4,10-11H2,(H,20,21). The van der Waals surface area contributed by atoms with Crippen molar-refractivity contribution in [3.8, 4) is 0 Å². The molecule has 1 amide bonds. The minimum Gasteiger partial charge on any atom is -0.385 e. The molecule has 2 N–H and O–H groups in total. The Morgan fingerprint density at radius 3 is 2.81 bits per heavy atom. The van der Waals surface area contributed by atoms with Crippen molar-refractivity contribution >= 4 is 11.6 Å². The van der Waals surface area contributed by atoms with Gasteiger partial charge in [-0.3, -0.25) is 4.79 Å². The average molecular weight is 284 g/mol. The van der Waals surface area contributed by atoms with E-state index in [0.29, 0.717) is 6.54 Å². The summed E-state index contributed by atoms with van der Waals surface area (Å²) in [4.78, 5) is 12.3. The maximum Gasteiger partial charge on any atom is 0.251 e. The number of fused-ring (bicyclic) bond motifs is 1. The molecule has 21 heavy (non-hydrogen) atoms. The smallest absolute Gasteiger partial charge is 0.251 e. The lowest BCUT2D eigenvalue weighted by Gasteiger charge is -2.20. The summed E-state index contributed by atoms with van der Waals surface area (Å²) in [6.45, 7) is 1.35. The third-order valence-electron chi connectivity index (χ3n) is 3.71. The maximum atomic E-state index is 12.8. The van der Waals surface area contributed by atoms with Crippen LogP contribution >= 0.6 is 0 Å². The van der Waals surface area contributed by atoms with Gasteiger partial charge in [-0.1, -0.05) is 18.2 Å². The van der Waals surface area contributed by atoms with Crippen LogP contribution in [-0.4, -0.2) is 12.5 Å². The van der Waals surface area contributed by atoms with E-state index < -0.39 is 0 Å². The molecular weight excluding hydrogens is 267 g/mol. The third-order valence-corrected chi connectivity index (χ3v) is 3.71. The van der Waals surface area contributed by atoms with E-state index in [-0.39, 0.29) is 11.7 Å². The summed E-state index contributed by atoms with van der Waals surface area (Å²) < 4.78 is 12.8. The van der Waals surface area contributed by atoms with Gasteiger partial charge in [0.15, 0.2) is 0 Å². The Balaban J connectivity index is 1.72. The van der Waals surface area contributed by atoms with Crippen molar-refractivity contribution in [1.29, 1.82) is 0 Å². The largest absolute Gasteiger partial charge is 0.385 e. The van der Waals surface area contributed by atoms with Crippen LogP contribution in [0.3, 0.4) is 0 Å². The van der Waals surface area contributed by atoms with Crippen molar-refractivity contribution in [3.05, 3.63) is 65.0 Å². The van der Waals surface area contributed by atoms with Crippen molar-refractivity contribution in [3.63, 3.8) is 0 Å². The van der Waals surface area contributed by atoms with Crippen LogP contribution in [-0.2, 0) is 13.0 Å². The molecule has 0 saturated carbocycles. The molecule has 1 aliphatic heterocycles. The summed E-state index contributed by atoms with van der Waals surface area (Å²) >= 11 is 0. The van der Waals surface area contributed by atoms with Crippen LogP contribution in [0, 0.1) is 5.82 Å². The molecule has 3 nitrogen and oxygen atoms in total. The van der Waals surface area contributed by atoms with Crippen LogP contribution in [0.1, 0.15) is 27.9 Å². The van der Waals surface area contributed by atoms with Crippen molar-refractivity contribution in [2.75, 3.05) is 11.9 Å². The van der Waals surface area contributed by atoms with Crippen LogP contribution < -0.4 is 10.6 Å². The number of hydrogen-bond donors (Lipinski definition) is 2. The van der Waals surface area contributed by atoms with Gasteiger partial charge in [0.05, 0.1) is 0 Å². The normalized spacial score (nSPS) is 13.2. The summed E-state index contributed by atoms with van der Waals surface area (Å²) in [6, 6.07) is 11.9. The van der Waals surface area contributed by atoms with Gasteiger partial charge >= 0.3 is 0 Å². The number of carbonyl (C=O) groups excluding carboxylic acids is 1. The van der Waals surface area contributed by atoms with Gasteiger partial charge in [-0.15, -0.1) is 0 Å². The first-order valence-electron chi connectivity index (χ1n) is 7.12. The van der Waals surface area contributed by atoms with Crippen LogP contribution in [0.2, 0.25) is 0 Å². The fourth-order valence-electron chi connectivity index (χ4n) is 2.60. The third kappa shape index (κ3) is 3.05. The van der Waals surface area contributed by atoms with Gasteiger partial charge in [0.25, 0.3) is 5.91 Å². The number of halogens is 1. The van der Waals surface area contributed by atoms with Crippen molar-refractivity contribution < 1.29 is 9.18 Å². The summed E-state index contributed by atoms with van der Waals surface area (Å²) in [6.07, 6.45) is 1.96. The number of anilines is 1. The van der Waals surface area contributed by atoms with Crippen LogP contribution in [0.25, 0.3) is 0 Å². The van der Waals surface area contributed by atoms with Gasteiger partial charge in [0.1, 0.15) is 5.82 Å². The molecule has 0 aromatic heterocycles. The molecule has 108 valence electrons. The van der Waals surface area contributed by atoms with Crippen molar-refractivity contribution in [2.45, 2.75) is 19.4 Å². The van der Waals surface area contributed by atoms with E-state index in [2.05, 4.69) is 10.6 Å². The molecule has 4 heteroatoms. The van der Waals surface area contributed by atoms with Crippen molar-refractivity contribution in [1.82, 2.24) is 5.32 Å².